The number of ether oxygens (including phenoxy) is 2. The lowest BCUT2D eigenvalue weighted by Crippen LogP contribution is -2.38. The van der Waals surface area contributed by atoms with E-state index in [1.165, 1.54) is 35.7 Å². The molecule has 1 saturated carbocycles. The zero-order valence-electron chi connectivity index (χ0n) is 18.2. The first kappa shape index (κ1) is 23.7. The van der Waals surface area contributed by atoms with Gasteiger partial charge in [-0.1, -0.05) is 31.4 Å². The standard InChI is InChI=1S/C23H28N2O6S/c1-25(18-8-4-3-5-9-18)32(28,29)21-11-7-6-10-20(21)24-22(26)16-31-23(27)17-12-14-19(30-2)15-13-17/h6-7,10-15,18H,3-5,8-9,16H2,1-2H3,(H,24,26). The number of esters is 1. The third-order valence-corrected chi connectivity index (χ3v) is 7.54. The quantitative estimate of drug-likeness (QED) is 0.606. The van der Waals surface area contributed by atoms with Crippen LogP contribution in [0.5, 0.6) is 5.75 Å². The van der Waals surface area contributed by atoms with Gasteiger partial charge in [0, 0.05) is 13.1 Å². The summed E-state index contributed by atoms with van der Waals surface area (Å²) in [5.74, 6) is -0.703. The molecule has 0 spiro atoms. The Balaban J connectivity index is 1.66. The SMILES string of the molecule is COc1ccc(C(=O)OCC(=O)Nc2ccccc2S(=O)(=O)N(C)C2CCCCC2)cc1. The van der Waals surface area contributed by atoms with Gasteiger partial charge in [-0.15, -0.1) is 0 Å². The van der Waals surface area contributed by atoms with E-state index in [-0.39, 0.29) is 22.2 Å². The number of carbonyl (C=O) groups is 2. The first-order chi connectivity index (χ1) is 15.3. The summed E-state index contributed by atoms with van der Waals surface area (Å²) < 4.78 is 37.9. The van der Waals surface area contributed by atoms with Crippen molar-refractivity contribution in [3.05, 3.63) is 54.1 Å². The van der Waals surface area contributed by atoms with Gasteiger partial charge in [0.05, 0.1) is 18.4 Å². The van der Waals surface area contributed by atoms with Crippen molar-refractivity contribution < 1.29 is 27.5 Å². The third kappa shape index (κ3) is 5.66. The molecule has 8 nitrogen and oxygen atoms in total. The van der Waals surface area contributed by atoms with Crippen LogP contribution >= 0.6 is 0 Å². The van der Waals surface area contributed by atoms with Crippen molar-refractivity contribution in [1.82, 2.24) is 4.31 Å². The summed E-state index contributed by atoms with van der Waals surface area (Å²) in [6.45, 7) is -0.544. The van der Waals surface area contributed by atoms with Gasteiger partial charge in [0.15, 0.2) is 6.61 Å². The first-order valence-electron chi connectivity index (χ1n) is 10.5. The lowest BCUT2D eigenvalue weighted by molar-refractivity contribution is -0.119. The highest BCUT2D eigenvalue weighted by atomic mass is 32.2. The number of rotatable bonds is 8. The molecule has 0 atom stereocenters. The predicted octanol–water partition coefficient (Wildman–Crippen LogP) is 3.44. The number of carbonyl (C=O) groups excluding carboxylic acids is 2. The van der Waals surface area contributed by atoms with Crippen LogP contribution in [0.1, 0.15) is 42.5 Å². The van der Waals surface area contributed by atoms with Crippen LogP contribution in [0.4, 0.5) is 5.69 Å². The van der Waals surface area contributed by atoms with Crippen molar-refractivity contribution in [3.63, 3.8) is 0 Å². The number of amides is 1. The minimum atomic E-state index is -3.80. The van der Waals surface area contributed by atoms with Gasteiger partial charge in [0.1, 0.15) is 10.6 Å². The molecule has 9 heteroatoms. The fourth-order valence-electron chi connectivity index (χ4n) is 3.72. The maximum atomic E-state index is 13.2. The summed E-state index contributed by atoms with van der Waals surface area (Å²) in [5, 5.41) is 2.56. The van der Waals surface area contributed by atoms with Crippen molar-refractivity contribution in [1.29, 1.82) is 0 Å². The molecule has 3 rings (SSSR count). The average molecular weight is 461 g/mol. The van der Waals surface area contributed by atoms with E-state index in [0.29, 0.717) is 5.75 Å². The van der Waals surface area contributed by atoms with Crippen LogP contribution < -0.4 is 10.1 Å². The molecule has 1 fully saturated rings. The third-order valence-electron chi connectivity index (χ3n) is 5.57. The van der Waals surface area contributed by atoms with Crippen molar-refractivity contribution in [2.45, 2.75) is 43.0 Å². The molecule has 0 heterocycles. The highest BCUT2D eigenvalue weighted by Crippen LogP contribution is 2.29. The lowest BCUT2D eigenvalue weighted by Gasteiger charge is -2.30. The first-order valence-corrected chi connectivity index (χ1v) is 11.9. The molecule has 0 aromatic heterocycles. The van der Waals surface area contributed by atoms with Crippen LogP contribution in [-0.4, -0.2) is 51.4 Å². The van der Waals surface area contributed by atoms with E-state index in [2.05, 4.69) is 5.32 Å². The number of nitrogens with zero attached hydrogens (tertiary/aromatic N) is 1. The second-order valence-electron chi connectivity index (χ2n) is 7.66. The van der Waals surface area contributed by atoms with Gasteiger partial charge in [0.2, 0.25) is 10.0 Å². The van der Waals surface area contributed by atoms with Crippen molar-refractivity contribution in [2.75, 3.05) is 26.1 Å². The fourth-order valence-corrected chi connectivity index (χ4v) is 5.28. The summed E-state index contributed by atoms with van der Waals surface area (Å²) in [6, 6.07) is 12.5. The number of anilines is 1. The molecule has 32 heavy (non-hydrogen) atoms. The number of hydrogen-bond donors (Lipinski definition) is 1. The maximum absolute atomic E-state index is 13.2. The molecule has 172 valence electrons. The van der Waals surface area contributed by atoms with Crippen LogP contribution in [0, 0.1) is 0 Å². The van der Waals surface area contributed by atoms with E-state index in [0.717, 1.165) is 32.1 Å². The van der Waals surface area contributed by atoms with Gasteiger partial charge in [-0.25, -0.2) is 13.2 Å². The summed E-state index contributed by atoms with van der Waals surface area (Å²) in [4.78, 5) is 24.5. The van der Waals surface area contributed by atoms with Crippen molar-refractivity contribution in [2.24, 2.45) is 0 Å². The number of sulfonamides is 1. The minimum Gasteiger partial charge on any atom is -0.497 e. The van der Waals surface area contributed by atoms with Crippen LogP contribution in [0.25, 0.3) is 0 Å². The Morgan fingerprint density at radius 3 is 2.34 bits per heavy atom. The number of benzene rings is 2. The summed E-state index contributed by atoms with van der Waals surface area (Å²) in [5.41, 5.74) is 0.427. The zero-order valence-corrected chi connectivity index (χ0v) is 19.1. The van der Waals surface area contributed by atoms with Crippen LogP contribution in [0.3, 0.4) is 0 Å². The van der Waals surface area contributed by atoms with Crippen molar-refractivity contribution >= 4 is 27.6 Å². The molecule has 1 aliphatic rings. The second kappa shape index (κ2) is 10.6. The Labute approximate surface area is 188 Å². The zero-order chi connectivity index (χ0) is 23.1. The molecule has 1 N–H and O–H groups in total. The molecule has 0 radical (unpaired) electrons. The Kier molecular flexibility index (Phi) is 7.87. The minimum absolute atomic E-state index is 0.0166. The number of hydrogen-bond acceptors (Lipinski definition) is 6. The van der Waals surface area contributed by atoms with E-state index >= 15 is 0 Å². The molecular weight excluding hydrogens is 432 g/mol. The van der Waals surface area contributed by atoms with Crippen molar-refractivity contribution in [3.8, 4) is 5.75 Å². The van der Waals surface area contributed by atoms with E-state index in [4.69, 9.17) is 9.47 Å². The Morgan fingerprint density at radius 2 is 1.69 bits per heavy atom. The lowest BCUT2D eigenvalue weighted by atomic mass is 9.96. The summed E-state index contributed by atoms with van der Waals surface area (Å²) in [6.07, 6.45) is 4.77. The van der Waals surface area contributed by atoms with Gasteiger partial charge >= 0.3 is 5.97 Å². The molecular formula is C23H28N2O6S. The van der Waals surface area contributed by atoms with Gasteiger partial charge in [-0.3, -0.25) is 4.79 Å². The molecule has 0 bridgehead atoms. The molecule has 0 saturated heterocycles. The number of nitrogens with one attached hydrogen (secondary N) is 1. The van der Waals surface area contributed by atoms with Gasteiger partial charge in [-0.2, -0.15) is 4.31 Å². The molecule has 1 aliphatic carbocycles. The van der Waals surface area contributed by atoms with Gasteiger partial charge in [-0.05, 0) is 49.2 Å². The second-order valence-corrected chi connectivity index (χ2v) is 9.63. The van der Waals surface area contributed by atoms with E-state index < -0.39 is 28.5 Å². The molecule has 0 unspecified atom stereocenters. The Bertz CT molecular complexity index is 1050. The Morgan fingerprint density at radius 1 is 1.03 bits per heavy atom. The molecule has 0 aliphatic heterocycles. The molecule has 2 aromatic carbocycles. The maximum Gasteiger partial charge on any atom is 0.338 e. The van der Waals surface area contributed by atoms with E-state index in [1.807, 2.05) is 0 Å². The molecule has 1 amide bonds. The average Bonchev–Trinajstić information content (AvgIpc) is 2.83. The number of para-hydroxylation sites is 1. The van der Waals surface area contributed by atoms with E-state index in [1.54, 1.807) is 31.3 Å². The van der Waals surface area contributed by atoms with Gasteiger partial charge < -0.3 is 14.8 Å². The smallest absolute Gasteiger partial charge is 0.338 e. The predicted molar refractivity (Wildman–Crippen MR) is 120 cm³/mol. The number of methoxy groups -OCH3 is 1. The van der Waals surface area contributed by atoms with Gasteiger partial charge in [0.25, 0.3) is 5.91 Å². The highest BCUT2D eigenvalue weighted by Gasteiger charge is 2.31. The van der Waals surface area contributed by atoms with E-state index in [9.17, 15) is 18.0 Å². The highest BCUT2D eigenvalue weighted by molar-refractivity contribution is 7.89. The largest absolute Gasteiger partial charge is 0.497 e. The monoisotopic (exact) mass is 460 g/mol. The fraction of sp³-hybridized carbons (Fsp3) is 0.391. The van der Waals surface area contributed by atoms with Crippen LogP contribution in [0.15, 0.2) is 53.4 Å². The topological polar surface area (TPSA) is 102 Å². The summed E-state index contributed by atoms with van der Waals surface area (Å²) >= 11 is 0. The normalized spacial score (nSPS) is 14.7. The van der Waals surface area contributed by atoms with Crippen LogP contribution in [-0.2, 0) is 19.6 Å². The summed E-state index contributed by atoms with van der Waals surface area (Å²) in [7, 11) is -0.696. The molecule has 2 aromatic rings. The van der Waals surface area contributed by atoms with Crippen LogP contribution in [0.2, 0.25) is 0 Å². The Hall–Kier alpha value is -2.91.